The van der Waals surface area contributed by atoms with Crippen molar-refractivity contribution in [1.29, 1.82) is 0 Å². The second-order valence-corrected chi connectivity index (χ2v) is 16.0. The molecule has 6 nitrogen and oxygen atoms in total. The lowest BCUT2D eigenvalue weighted by Gasteiger charge is -2.18. The average molecular weight is 748 g/mol. The molecule has 6 heteroatoms. The van der Waals surface area contributed by atoms with Gasteiger partial charge in [0.25, 0.3) is 0 Å². The molecular weight excluding hydrogens is 659 g/mol. The van der Waals surface area contributed by atoms with Crippen LogP contribution in [0, 0.1) is 0 Å². The molecule has 0 aliphatic heterocycles. The summed E-state index contributed by atoms with van der Waals surface area (Å²) in [7, 11) is 0. The number of ether oxygens (including phenoxy) is 1. The third-order valence-electron chi connectivity index (χ3n) is 10.7. The van der Waals surface area contributed by atoms with Gasteiger partial charge >= 0.3 is 11.9 Å². The third kappa shape index (κ3) is 42.8. The smallest absolute Gasteiger partial charge is 0.322 e. The number of carboxylic acids is 1. The van der Waals surface area contributed by atoms with Crippen LogP contribution in [0.4, 0.5) is 0 Å². The highest BCUT2D eigenvalue weighted by Gasteiger charge is 2.14. The van der Waals surface area contributed by atoms with E-state index in [1.54, 1.807) is 0 Å². The highest BCUT2D eigenvalue weighted by atomic mass is 16.5. The van der Waals surface area contributed by atoms with Gasteiger partial charge in [-0.2, -0.15) is 0 Å². The van der Waals surface area contributed by atoms with Crippen molar-refractivity contribution in [3.8, 4) is 0 Å². The highest BCUT2D eigenvalue weighted by Crippen LogP contribution is 2.19. The molecule has 2 N–H and O–H groups in total. The number of hydrogen-bond acceptors (Lipinski definition) is 4. The average Bonchev–Trinajstić information content (AvgIpc) is 3.14. The van der Waals surface area contributed by atoms with E-state index in [9.17, 15) is 14.4 Å². The van der Waals surface area contributed by atoms with Gasteiger partial charge in [-0.05, 0) is 57.8 Å². The van der Waals surface area contributed by atoms with Crippen molar-refractivity contribution in [3.05, 3.63) is 12.2 Å². The summed E-state index contributed by atoms with van der Waals surface area (Å²) < 4.78 is 6.03. The molecule has 1 atom stereocenters. The Labute approximate surface area is 329 Å². The van der Waals surface area contributed by atoms with Crippen molar-refractivity contribution in [2.45, 2.75) is 264 Å². The first-order valence-electron chi connectivity index (χ1n) is 23.3. The molecule has 1 amide bonds. The lowest BCUT2D eigenvalue weighted by Crippen LogP contribution is -2.28. The van der Waals surface area contributed by atoms with Gasteiger partial charge in [-0.25, -0.2) is 0 Å². The predicted molar refractivity (Wildman–Crippen MR) is 226 cm³/mol. The normalized spacial score (nSPS) is 12.0. The van der Waals surface area contributed by atoms with Crippen LogP contribution < -0.4 is 5.32 Å². The first-order chi connectivity index (χ1) is 26.0. The standard InChI is InChI=1S/C47H89NO5/c1-3-5-7-9-11-13-15-17-18-19-20-21-23-25-27-29-34-38-42-47(52)53-44(40-36-32-30-33-37-41-45(49)48-43-46(50)51)39-35-31-28-26-24-22-16-14-12-10-8-6-4-2/h26,28,44H,3-25,27,29-43H2,1-2H3,(H,48,49)(H,50,51)/b28-26-. The molecule has 0 spiro atoms. The Bertz CT molecular complexity index is 828. The Morgan fingerprint density at radius 3 is 1.28 bits per heavy atom. The molecule has 0 heterocycles. The maximum absolute atomic E-state index is 12.8. The molecule has 0 aromatic rings. The molecule has 312 valence electrons. The van der Waals surface area contributed by atoms with Gasteiger partial charge in [0.1, 0.15) is 12.6 Å². The van der Waals surface area contributed by atoms with Gasteiger partial charge in [0, 0.05) is 12.8 Å². The summed E-state index contributed by atoms with van der Waals surface area (Å²) in [6.07, 6.45) is 50.6. The third-order valence-corrected chi connectivity index (χ3v) is 10.7. The quantitative estimate of drug-likeness (QED) is 0.0368. The Hall–Kier alpha value is -1.85. The summed E-state index contributed by atoms with van der Waals surface area (Å²) in [4.78, 5) is 35.1. The van der Waals surface area contributed by atoms with Crippen LogP contribution in [0.5, 0.6) is 0 Å². The summed E-state index contributed by atoms with van der Waals surface area (Å²) in [5.74, 6) is -1.23. The van der Waals surface area contributed by atoms with Crippen molar-refractivity contribution in [1.82, 2.24) is 5.32 Å². The molecule has 0 rings (SSSR count). The minimum absolute atomic E-state index is 0.000884. The number of amides is 1. The van der Waals surface area contributed by atoms with Gasteiger partial charge in [0.15, 0.2) is 0 Å². The van der Waals surface area contributed by atoms with Gasteiger partial charge in [-0.15, -0.1) is 0 Å². The van der Waals surface area contributed by atoms with Crippen LogP contribution in [0.1, 0.15) is 258 Å². The van der Waals surface area contributed by atoms with E-state index < -0.39 is 5.97 Å². The lowest BCUT2D eigenvalue weighted by atomic mass is 10.0. The van der Waals surface area contributed by atoms with Crippen LogP contribution in [0.25, 0.3) is 0 Å². The van der Waals surface area contributed by atoms with E-state index in [4.69, 9.17) is 9.84 Å². The first kappa shape index (κ1) is 51.1. The van der Waals surface area contributed by atoms with Crippen molar-refractivity contribution in [2.75, 3.05) is 6.54 Å². The van der Waals surface area contributed by atoms with E-state index in [1.165, 1.54) is 161 Å². The van der Waals surface area contributed by atoms with Crippen LogP contribution in [0.15, 0.2) is 12.2 Å². The lowest BCUT2D eigenvalue weighted by molar-refractivity contribution is -0.150. The Morgan fingerprint density at radius 1 is 0.472 bits per heavy atom. The number of rotatable bonds is 43. The van der Waals surface area contributed by atoms with E-state index >= 15 is 0 Å². The van der Waals surface area contributed by atoms with E-state index in [0.29, 0.717) is 12.8 Å². The van der Waals surface area contributed by atoms with Crippen LogP contribution in [0.2, 0.25) is 0 Å². The summed E-state index contributed by atoms with van der Waals surface area (Å²) in [5.41, 5.74) is 0. The zero-order valence-corrected chi connectivity index (χ0v) is 35.4. The Balaban J connectivity index is 4.11. The first-order valence-corrected chi connectivity index (χ1v) is 23.3. The fraction of sp³-hybridized carbons (Fsp3) is 0.894. The molecular formula is C47H89NO5. The SMILES string of the molecule is CCCCCCCCCC/C=C\CCCC(CCCCCCCC(=O)NCC(=O)O)OC(=O)CCCCCCCCCCCCCCCCCCCC. The van der Waals surface area contributed by atoms with Crippen molar-refractivity contribution < 1.29 is 24.2 Å². The predicted octanol–water partition coefficient (Wildman–Crippen LogP) is 14.5. The second-order valence-electron chi connectivity index (χ2n) is 16.0. The summed E-state index contributed by atoms with van der Waals surface area (Å²) in [6.45, 7) is 4.25. The van der Waals surface area contributed by atoms with Crippen LogP contribution in [-0.2, 0) is 19.1 Å². The molecule has 0 aliphatic rings. The number of carbonyl (C=O) groups excluding carboxylic acids is 2. The van der Waals surface area contributed by atoms with E-state index in [0.717, 1.165) is 70.6 Å². The van der Waals surface area contributed by atoms with Gasteiger partial charge in [0.05, 0.1) is 0 Å². The van der Waals surface area contributed by atoms with Gasteiger partial charge in [-0.3, -0.25) is 14.4 Å². The van der Waals surface area contributed by atoms with Gasteiger partial charge in [-0.1, -0.05) is 199 Å². The van der Waals surface area contributed by atoms with Crippen LogP contribution in [0.3, 0.4) is 0 Å². The zero-order chi connectivity index (χ0) is 38.7. The van der Waals surface area contributed by atoms with E-state index in [2.05, 4.69) is 31.3 Å². The second kappa shape index (κ2) is 42.9. The van der Waals surface area contributed by atoms with Gasteiger partial charge in [0.2, 0.25) is 5.91 Å². The summed E-state index contributed by atoms with van der Waals surface area (Å²) in [5, 5.41) is 11.1. The Morgan fingerprint density at radius 2 is 0.830 bits per heavy atom. The largest absolute Gasteiger partial charge is 0.480 e. The molecule has 1 unspecified atom stereocenters. The zero-order valence-electron chi connectivity index (χ0n) is 35.4. The maximum Gasteiger partial charge on any atom is 0.322 e. The number of aliphatic carboxylic acids is 1. The highest BCUT2D eigenvalue weighted by molar-refractivity contribution is 5.80. The van der Waals surface area contributed by atoms with Crippen molar-refractivity contribution in [3.63, 3.8) is 0 Å². The monoisotopic (exact) mass is 748 g/mol. The molecule has 0 radical (unpaired) electrons. The molecule has 0 aliphatic carbocycles. The number of allylic oxidation sites excluding steroid dienone is 2. The molecule has 0 fully saturated rings. The van der Waals surface area contributed by atoms with Crippen molar-refractivity contribution >= 4 is 17.8 Å². The minimum atomic E-state index is -1.01. The fourth-order valence-corrected chi connectivity index (χ4v) is 7.22. The number of hydrogen-bond donors (Lipinski definition) is 2. The Kier molecular flexibility index (Phi) is 41.4. The number of nitrogens with one attached hydrogen (secondary N) is 1. The van der Waals surface area contributed by atoms with Crippen LogP contribution in [-0.4, -0.2) is 35.6 Å². The molecule has 0 aromatic carbocycles. The molecule has 0 bridgehead atoms. The topological polar surface area (TPSA) is 92.7 Å². The fourth-order valence-electron chi connectivity index (χ4n) is 7.22. The molecule has 0 aromatic heterocycles. The minimum Gasteiger partial charge on any atom is -0.480 e. The van der Waals surface area contributed by atoms with Gasteiger partial charge < -0.3 is 15.2 Å². The molecule has 0 saturated heterocycles. The number of unbranched alkanes of at least 4 members (excludes halogenated alkanes) is 30. The van der Waals surface area contributed by atoms with E-state index in [-0.39, 0.29) is 24.5 Å². The summed E-state index contributed by atoms with van der Waals surface area (Å²) in [6, 6.07) is 0. The number of esters is 1. The molecule has 53 heavy (non-hydrogen) atoms. The summed E-state index contributed by atoms with van der Waals surface area (Å²) >= 11 is 0. The molecule has 0 saturated carbocycles. The van der Waals surface area contributed by atoms with Crippen LogP contribution >= 0.6 is 0 Å². The van der Waals surface area contributed by atoms with Crippen molar-refractivity contribution in [2.24, 2.45) is 0 Å². The van der Waals surface area contributed by atoms with E-state index in [1.807, 2.05) is 0 Å². The maximum atomic E-state index is 12.8. The number of carbonyl (C=O) groups is 3. The number of carboxylic acid groups (broad SMARTS) is 1.